The number of halogens is 6. The molecule has 0 saturated heterocycles. The van der Waals surface area contributed by atoms with Crippen LogP contribution in [0.15, 0.2) is 30.3 Å². The first-order chi connectivity index (χ1) is 9.10. The summed E-state index contributed by atoms with van der Waals surface area (Å²) in [5.41, 5.74) is 0.961. The summed E-state index contributed by atoms with van der Waals surface area (Å²) in [6, 6.07) is 9.57. The first kappa shape index (κ1) is 19.6. The molecular formula is C12H10Br6O2. The number of hydrogen-bond donors (Lipinski definition) is 0. The van der Waals surface area contributed by atoms with E-state index in [0.29, 0.717) is 0 Å². The highest BCUT2D eigenvalue weighted by molar-refractivity contribution is 9.40. The van der Waals surface area contributed by atoms with Crippen LogP contribution in [0.3, 0.4) is 0 Å². The largest absolute Gasteiger partial charge is 0.461 e. The van der Waals surface area contributed by atoms with Gasteiger partial charge in [0.15, 0.2) is 0 Å². The van der Waals surface area contributed by atoms with Gasteiger partial charge in [0, 0.05) is 5.92 Å². The van der Waals surface area contributed by atoms with E-state index in [0.717, 1.165) is 5.56 Å². The number of alkyl halides is 6. The van der Waals surface area contributed by atoms with Crippen molar-refractivity contribution in [1.82, 2.24) is 0 Å². The molecule has 0 N–H and O–H groups in total. The molecule has 0 fully saturated rings. The molecule has 112 valence electrons. The van der Waals surface area contributed by atoms with Gasteiger partial charge < -0.3 is 4.74 Å². The lowest BCUT2D eigenvalue weighted by molar-refractivity contribution is -0.145. The third kappa shape index (κ3) is 7.22. The van der Waals surface area contributed by atoms with E-state index in [1.807, 2.05) is 30.3 Å². The molecule has 0 spiro atoms. The van der Waals surface area contributed by atoms with Crippen molar-refractivity contribution in [2.45, 2.75) is 17.3 Å². The van der Waals surface area contributed by atoms with Crippen molar-refractivity contribution in [3.63, 3.8) is 0 Å². The third-order valence-electron chi connectivity index (χ3n) is 2.40. The fourth-order valence-electron chi connectivity index (χ4n) is 1.38. The minimum Gasteiger partial charge on any atom is -0.461 e. The Balaban J connectivity index is 2.59. The Labute approximate surface area is 168 Å². The highest BCUT2D eigenvalue weighted by Gasteiger charge is 2.45. The number of benzene rings is 1. The molecule has 0 aliphatic heterocycles. The SMILES string of the molecule is O=C(CC(C(Br)(Br)Br)C(Br)(Br)Br)OCc1ccccc1. The molecule has 1 aromatic carbocycles. The van der Waals surface area contributed by atoms with Gasteiger partial charge in [-0.3, -0.25) is 4.79 Å². The molecule has 0 unspecified atom stereocenters. The molecule has 20 heavy (non-hydrogen) atoms. The van der Waals surface area contributed by atoms with E-state index in [9.17, 15) is 4.79 Å². The zero-order valence-electron chi connectivity index (χ0n) is 9.96. The summed E-state index contributed by atoms with van der Waals surface area (Å²) in [4.78, 5) is 12.0. The number of hydrogen-bond acceptors (Lipinski definition) is 2. The van der Waals surface area contributed by atoms with E-state index in [1.165, 1.54) is 0 Å². The summed E-state index contributed by atoms with van der Waals surface area (Å²) in [7, 11) is 0. The Bertz CT molecular complexity index is 424. The van der Waals surface area contributed by atoms with Gasteiger partial charge in [-0.25, -0.2) is 0 Å². The van der Waals surface area contributed by atoms with Crippen LogP contribution in [0.1, 0.15) is 12.0 Å². The zero-order valence-corrected chi connectivity index (χ0v) is 19.5. The van der Waals surface area contributed by atoms with Crippen molar-refractivity contribution in [2.24, 2.45) is 5.92 Å². The summed E-state index contributed by atoms with van der Waals surface area (Å²) < 4.78 is 4.05. The van der Waals surface area contributed by atoms with Crippen LogP contribution in [0.2, 0.25) is 0 Å². The fourth-order valence-corrected chi connectivity index (χ4v) is 7.18. The van der Waals surface area contributed by atoms with Crippen LogP contribution < -0.4 is 0 Å². The van der Waals surface area contributed by atoms with Gasteiger partial charge in [0.25, 0.3) is 0 Å². The van der Waals surface area contributed by atoms with E-state index in [2.05, 4.69) is 95.6 Å². The van der Waals surface area contributed by atoms with E-state index in [-0.39, 0.29) is 24.9 Å². The van der Waals surface area contributed by atoms with Gasteiger partial charge in [0.05, 0.1) is 6.42 Å². The Morgan fingerprint density at radius 3 is 1.95 bits per heavy atom. The molecule has 0 amide bonds. The first-order valence-electron chi connectivity index (χ1n) is 5.43. The minimum absolute atomic E-state index is 0.191. The molecule has 2 nitrogen and oxygen atoms in total. The molecule has 0 heterocycles. The summed E-state index contributed by atoms with van der Waals surface area (Å²) in [6.45, 7) is 0.270. The maximum atomic E-state index is 12.0. The predicted molar refractivity (Wildman–Crippen MR) is 103 cm³/mol. The second-order valence-electron chi connectivity index (χ2n) is 3.99. The second kappa shape index (κ2) is 8.43. The fraction of sp³-hybridized carbons (Fsp3) is 0.417. The van der Waals surface area contributed by atoms with Crippen molar-refractivity contribution in [3.8, 4) is 0 Å². The molecule has 0 aromatic heterocycles. The summed E-state index contributed by atoms with van der Waals surface area (Å²) in [5, 5.41) is 0. The first-order valence-corrected chi connectivity index (χ1v) is 10.2. The van der Waals surface area contributed by atoms with Crippen molar-refractivity contribution in [1.29, 1.82) is 0 Å². The molecular weight excluding hydrogens is 656 g/mol. The molecule has 0 radical (unpaired) electrons. The number of rotatable bonds is 4. The average Bonchev–Trinajstić information content (AvgIpc) is 2.32. The summed E-state index contributed by atoms with van der Waals surface area (Å²) in [6.07, 6.45) is 0.191. The molecule has 0 atom stereocenters. The predicted octanol–water partition coefficient (Wildman–Crippen LogP) is 6.41. The van der Waals surface area contributed by atoms with Crippen molar-refractivity contribution >= 4 is 102 Å². The number of carbonyl (C=O) groups is 1. The van der Waals surface area contributed by atoms with Crippen LogP contribution in [0.25, 0.3) is 0 Å². The number of carbonyl (C=O) groups excluding carboxylic acids is 1. The quantitative estimate of drug-likeness (QED) is 0.275. The second-order valence-corrected chi connectivity index (χ2v) is 17.9. The average molecular weight is 666 g/mol. The van der Waals surface area contributed by atoms with E-state index in [4.69, 9.17) is 4.74 Å². The smallest absolute Gasteiger partial charge is 0.306 e. The molecule has 8 heteroatoms. The monoisotopic (exact) mass is 660 g/mol. The van der Waals surface area contributed by atoms with Gasteiger partial charge >= 0.3 is 5.97 Å². The minimum atomic E-state index is -0.616. The Hall–Kier alpha value is 1.57. The van der Waals surface area contributed by atoms with Gasteiger partial charge in [-0.05, 0) is 5.56 Å². The highest BCUT2D eigenvalue weighted by atomic mass is 80.0. The molecule has 1 rings (SSSR count). The van der Waals surface area contributed by atoms with Crippen molar-refractivity contribution < 1.29 is 9.53 Å². The highest BCUT2D eigenvalue weighted by Crippen LogP contribution is 2.55. The summed E-state index contributed by atoms with van der Waals surface area (Å²) in [5.74, 6) is -0.498. The van der Waals surface area contributed by atoms with Crippen molar-refractivity contribution in [3.05, 3.63) is 35.9 Å². The molecule has 0 aliphatic carbocycles. The van der Waals surface area contributed by atoms with Crippen LogP contribution in [0, 0.1) is 5.92 Å². The van der Waals surface area contributed by atoms with Crippen molar-refractivity contribution in [2.75, 3.05) is 0 Å². The topological polar surface area (TPSA) is 26.3 Å². The van der Waals surface area contributed by atoms with Gasteiger partial charge in [0.2, 0.25) is 0 Å². The maximum Gasteiger partial charge on any atom is 0.306 e. The van der Waals surface area contributed by atoms with Crippen LogP contribution in [0.5, 0.6) is 0 Å². The van der Waals surface area contributed by atoms with Crippen LogP contribution in [0.4, 0.5) is 0 Å². The van der Waals surface area contributed by atoms with Crippen LogP contribution in [-0.2, 0) is 16.1 Å². The lowest BCUT2D eigenvalue weighted by Crippen LogP contribution is -2.32. The van der Waals surface area contributed by atoms with Gasteiger partial charge in [-0.15, -0.1) is 0 Å². The molecule has 0 bridgehead atoms. The zero-order chi connectivity index (χ0) is 15.4. The van der Waals surface area contributed by atoms with Crippen LogP contribution >= 0.6 is 95.6 Å². The molecule has 0 aliphatic rings. The van der Waals surface area contributed by atoms with Crippen LogP contribution in [-0.4, -0.2) is 10.3 Å². The van der Waals surface area contributed by atoms with Gasteiger partial charge in [0.1, 0.15) is 10.9 Å². The Kier molecular flexibility index (Phi) is 8.27. The number of ether oxygens (including phenoxy) is 1. The maximum absolute atomic E-state index is 12.0. The summed E-state index contributed by atoms with van der Waals surface area (Å²) >= 11 is 20.6. The third-order valence-corrected chi connectivity index (χ3v) is 5.72. The molecule has 1 aromatic rings. The lowest BCUT2D eigenvalue weighted by Gasteiger charge is -2.31. The standard InChI is InChI=1S/C12H10Br6O2/c13-11(14,15)9(12(16,17)18)6-10(19)20-7-8-4-2-1-3-5-8/h1-5,9H,6-7H2. The van der Waals surface area contributed by atoms with E-state index < -0.39 is 4.29 Å². The molecule has 0 saturated carbocycles. The van der Waals surface area contributed by atoms with Gasteiger partial charge in [-0.2, -0.15) is 0 Å². The van der Waals surface area contributed by atoms with Gasteiger partial charge in [-0.1, -0.05) is 126 Å². The normalized spacial score (nSPS) is 12.6. The van der Waals surface area contributed by atoms with E-state index >= 15 is 0 Å². The Morgan fingerprint density at radius 1 is 1.00 bits per heavy atom. The number of esters is 1. The Morgan fingerprint density at radius 2 is 1.50 bits per heavy atom. The lowest BCUT2D eigenvalue weighted by atomic mass is 10.1. The van der Waals surface area contributed by atoms with E-state index in [1.54, 1.807) is 0 Å².